The van der Waals surface area contributed by atoms with Crippen molar-refractivity contribution in [1.29, 1.82) is 5.26 Å². The maximum absolute atomic E-state index is 11.6. The van der Waals surface area contributed by atoms with Crippen molar-refractivity contribution >= 4 is 17.7 Å². The summed E-state index contributed by atoms with van der Waals surface area (Å²) in [5.41, 5.74) is 2.37. The number of nitrogens with zero attached hydrogens (tertiary/aromatic N) is 3. The van der Waals surface area contributed by atoms with Crippen molar-refractivity contribution in [2.75, 3.05) is 0 Å². The van der Waals surface area contributed by atoms with E-state index >= 15 is 0 Å². The largest absolute Gasteiger partial charge is 0.302 e. The molecule has 1 aromatic heterocycles. The Balaban J connectivity index is 2.40. The van der Waals surface area contributed by atoms with Gasteiger partial charge in [-0.3, -0.25) is 9.78 Å². The van der Waals surface area contributed by atoms with Crippen LogP contribution in [0.3, 0.4) is 0 Å². The third-order valence-corrected chi connectivity index (χ3v) is 4.30. The molecule has 5 nitrogen and oxygen atoms in total. The SMILES string of the molecule is CC(C)(Sc1cnccc1-c1ccc(C#N)cc1)C(=O)N=O. The first-order valence-corrected chi connectivity index (χ1v) is 7.31. The van der Waals surface area contributed by atoms with Gasteiger partial charge in [-0.15, -0.1) is 16.7 Å². The Labute approximate surface area is 132 Å². The highest BCUT2D eigenvalue weighted by Gasteiger charge is 2.31. The van der Waals surface area contributed by atoms with Crippen LogP contribution in [0.1, 0.15) is 19.4 Å². The van der Waals surface area contributed by atoms with Crippen molar-refractivity contribution in [2.24, 2.45) is 5.18 Å². The highest BCUT2D eigenvalue weighted by molar-refractivity contribution is 8.01. The Morgan fingerprint density at radius 2 is 1.95 bits per heavy atom. The molecule has 0 aliphatic carbocycles. The van der Waals surface area contributed by atoms with Gasteiger partial charge in [-0.25, -0.2) is 0 Å². The molecule has 2 aromatic rings. The summed E-state index contributed by atoms with van der Waals surface area (Å²) in [6, 6.07) is 11.0. The van der Waals surface area contributed by atoms with Gasteiger partial charge in [0.25, 0.3) is 0 Å². The number of amides is 1. The lowest BCUT2D eigenvalue weighted by Crippen LogP contribution is -2.25. The van der Waals surface area contributed by atoms with Crippen LogP contribution in [0.4, 0.5) is 0 Å². The quantitative estimate of drug-likeness (QED) is 0.633. The monoisotopic (exact) mass is 311 g/mol. The Morgan fingerprint density at radius 1 is 1.27 bits per heavy atom. The number of pyridine rings is 1. The topological polar surface area (TPSA) is 83.2 Å². The van der Waals surface area contributed by atoms with Gasteiger partial charge in [0.1, 0.15) is 0 Å². The van der Waals surface area contributed by atoms with E-state index in [0.29, 0.717) is 5.56 Å². The van der Waals surface area contributed by atoms with E-state index in [9.17, 15) is 9.70 Å². The molecule has 0 unspecified atom stereocenters. The average molecular weight is 311 g/mol. The maximum atomic E-state index is 11.6. The molecule has 22 heavy (non-hydrogen) atoms. The summed E-state index contributed by atoms with van der Waals surface area (Å²) in [7, 11) is 0. The molecule has 0 saturated carbocycles. The number of thioether (sulfide) groups is 1. The first-order chi connectivity index (χ1) is 10.5. The van der Waals surface area contributed by atoms with Gasteiger partial charge in [-0.05, 0) is 43.2 Å². The fraction of sp³-hybridized carbons (Fsp3) is 0.188. The Kier molecular flexibility index (Phi) is 4.68. The summed E-state index contributed by atoms with van der Waals surface area (Å²) in [4.78, 5) is 27.0. The number of carbonyl (C=O) groups is 1. The van der Waals surface area contributed by atoms with Crippen molar-refractivity contribution in [3.05, 3.63) is 53.2 Å². The van der Waals surface area contributed by atoms with E-state index < -0.39 is 10.7 Å². The van der Waals surface area contributed by atoms with Crippen LogP contribution in [0.25, 0.3) is 11.1 Å². The van der Waals surface area contributed by atoms with Crippen LogP contribution in [-0.2, 0) is 4.79 Å². The van der Waals surface area contributed by atoms with Crippen LogP contribution in [0.15, 0.2) is 52.8 Å². The number of hydrogen-bond donors (Lipinski definition) is 0. The van der Waals surface area contributed by atoms with Gasteiger partial charge in [0.15, 0.2) is 0 Å². The van der Waals surface area contributed by atoms with Crippen LogP contribution >= 0.6 is 11.8 Å². The lowest BCUT2D eigenvalue weighted by molar-refractivity contribution is -0.119. The van der Waals surface area contributed by atoms with Crippen LogP contribution in [0, 0.1) is 16.2 Å². The summed E-state index contributed by atoms with van der Waals surface area (Å²) >= 11 is 1.24. The van der Waals surface area contributed by atoms with Gasteiger partial charge in [-0.1, -0.05) is 12.1 Å². The zero-order valence-corrected chi connectivity index (χ0v) is 12.9. The van der Waals surface area contributed by atoms with E-state index in [1.165, 1.54) is 11.8 Å². The second-order valence-corrected chi connectivity index (χ2v) is 6.73. The molecule has 0 atom stereocenters. The van der Waals surface area contributed by atoms with E-state index in [4.69, 9.17) is 5.26 Å². The van der Waals surface area contributed by atoms with Crippen LogP contribution < -0.4 is 0 Å². The molecule has 0 aliphatic heterocycles. The standard InChI is InChI=1S/C16H13N3O2S/c1-16(2,15(20)19-21)22-14-10-18-8-7-13(14)12-5-3-11(9-17)4-6-12/h3-8,10H,1-2H3. The summed E-state index contributed by atoms with van der Waals surface area (Å²) in [6.07, 6.45) is 3.31. The molecule has 1 heterocycles. The molecular formula is C16H13N3O2S. The van der Waals surface area contributed by atoms with Crippen LogP contribution in [0.5, 0.6) is 0 Å². The van der Waals surface area contributed by atoms with E-state index in [1.54, 1.807) is 38.4 Å². The van der Waals surface area contributed by atoms with E-state index in [0.717, 1.165) is 16.0 Å². The fourth-order valence-corrected chi connectivity index (χ4v) is 2.94. The third-order valence-electron chi connectivity index (χ3n) is 3.07. The average Bonchev–Trinajstić information content (AvgIpc) is 2.54. The zero-order chi connectivity index (χ0) is 16.2. The van der Waals surface area contributed by atoms with E-state index in [1.807, 2.05) is 18.2 Å². The highest BCUT2D eigenvalue weighted by atomic mass is 32.2. The van der Waals surface area contributed by atoms with Gasteiger partial charge in [0.2, 0.25) is 0 Å². The minimum Gasteiger partial charge on any atom is -0.267 e. The minimum absolute atomic E-state index is 0.577. The summed E-state index contributed by atoms with van der Waals surface area (Å²) in [6.45, 7) is 3.30. The number of benzene rings is 1. The zero-order valence-electron chi connectivity index (χ0n) is 12.1. The molecule has 2 rings (SSSR count). The molecule has 0 aliphatic rings. The second-order valence-electron chi connectivity index (χ2n) is 5.07. The molecule has 1 aromatic carbocycles. The third kappa shape index (κ3) is 3.38. The summed E-state index contributed by atoms with van der Waals surface area (Å²) < 4.78 is -0.966. The van der Waals surface area contributed by atoms with Crippen molar-refractivity contribution in [3.63, 3.8) is 0 Å². The molecule has 0 fully saturated rings. The summed E-state index contributed by atoms with van der Waals surface area (Å²) in [5.74, 6) is -0.716. The van der Waals surface area contributed by atoms with Gasteiger partial charge in [0, 0.05) is 22.5 Å². The lowest BCUT2D eigenvalue weighted by atomic mass is 10.1. The molecule has 0 saturated heterocycles. The van der Waals surface area contributed by atoms with Gasteiger partial charge in [-0.2, -0.15) is 5.26 Å². The molecule has 0 radical (unpaired) electrons. The molecule has 110 valence electrons. The predicted octanol–water partition coefficient (Wildman–Crippen LogP) is 3.78. The number of rotatable bonds is 4. The van der Waals surface area contributed by atoms with Gasteiger partial charge >= 0.3 is 5.91 Å². The normalized spacial score (nSPS) is 10.8. The van der Waals surface area contributed by atoms with E-state index in [-0.39, 0.29) is 0 Å². The number of carbonyl (C=O) groups excluding carboxylic acids is 1. The number of aromatic nitrogens is 1. The molecule has 6 heteroatoms. The van der Waals surface area contributed by atoms with Crippen molar-refractivity contribution in [2.45, 2.75) is 23.5 Å². The van der Waals surface area contributed by atoms with Crippen molar-refractivity contribution in [1.82, 2.24) is 4.98 Å². The number of nitriles is 1. The molecule has 0 spiro atoms. The first-order valence-electron chi connectivity index (χ1n) is 6.49. The smallest absolute Gasteiger partial charge is 0.267 e. The molecule has 0 bridgehead atoms. The van der Waals surface area contributed by atoms with E-state index in [2.05, 4.69) is 16.2 Å². The predicted molar refractivity (Wildman–Crippen MR) is 85.1 cm³/mol. The fourth-order valence-electron chi connectivity index (χ4n) is 1.85. The van der Waals surface area contributed by atoms with Crippen molar-refractivity contribution in [3.8, 4) is 17.2 Å². The maximum Gasteiger partial charge on any atom is 0.302 e. The number of hydrogen-bond acceptors (Lipinski definition) is 5. The van der Waals surface area contributed by atoms with Crippen LogP contribution in [0.2, 0.25) is 0 Å². The summed E-state index contributed by atoms with van der Waals surface area (Å²) in [5, 5.41) is 11.4. The van der Waals surface area contributed by atoms with Crippen LogP contribution in [-0.4, -0.2) is 15.6 Å². The molecule has 0 N–H and O–H groups in total. The van der Waals surface area contributed by atoms with Crippen molar-refractivity contribution < 1.29 is 4.79 Å². The Hall–Kier alpha value is -2.52. The molecular weight excluding hydrogens is 298 g/mol. The van der Waals surface area contributed by atoms with Gasteiger partial charge < -0.3 is 0 Å². The number of nitroso groups, excluding NO2 is 1. The Bertz CT molecular complexity index is 749. The molecule has 1 amide bonds. The minimum atomic E-state index is -0.966. The Morgan fingerprint density at radius 3 is 2.55 bits per heavy atom. The second kappa shape index (κ2) is 6.50. The van der Waals surface area contributed by atoms with Gasteiger partial charge in [0.05, 0.1) is 16.4 Å². The lowest BCUT2D eigenvalue weighted by Gasteiger charge is -2.20. The highest BCUT2D eigenvalue weighted by Crippen LogP contribution is 2.39. The first kappa shape index (κ1) is 15.9.